The highest BCUT2D eigenvalue weighted by atomic mass is 32.1. The number of benzene rings is 1. The molecule has 0 atom stereocenters. The van der Waals surface area contributed by atoms with Gasteiger partial charge in [-0.3, -0.25) is 9.59 Å². The summed E-state index contributed by atoms with van der Waals surface area (Å²) < 4.78 is 4.97. The molecule has 0 saturated heterocycles. The fourth-order valence-corrected chi connectivity index (χ4v) is 2.67. The molecule has 2 aromatic rings. The quantitative estimate of drug-likeness (QED) is 0.794. The molecule has 1 aromatic heterocycles. The Kier molecular flexibility index (Phi) is 6.15. The largest absolute Gasteiger partial charge is 0.456 e. The number of hydrogen-bond donors (Lipinski definition) is 1. The van der Waals surface area contributed by atoms with Crippen molar-refractivity contribution >= 4 is 28.9 Å². The van der Waals surface area contributed by atoms with Gasteiger partial charge in [0.1, 0.15) is 0 Å². The van der Waals surface area contributed by atoms with Crippen LogP contribution in [0.2, 0.25) is 0 Å². The number of ether oxygens (including phenoxy) is 1. The third-order valence-corrected chi connectivity index (χ3v) is 4.02. The van der Waals surface area contributed by atoms with Crippen LogP contribution < -0.4 is 5.32 Å². The first-order valence-electron chi connectivity index (χ1n) is 7.18. The number of amides is 1. The van der Waals surface area contributed by atoms with Gasteiger partial charge < -0.3 is 10.1 Å². The van der Waals surface area contributed by atoms with Crippen molar-refractivity contribution in [2.24, 2.45) is 0 Å². The maximum Gasteiger partial charge on any atom is 0.306 e. The summed E-state index contributed by atoms with van der Waals surface area (Å²) in [6.45, 7) is 1.73. The molecule has 5 heteroatoms. The molecule has 0 aliphatic heterocycles. The second-order valence-corrected chi connectivity index (χ2v) is 6.04. The summed E-state index contributed by atoms with van der Waals surface area (Å²) in [5, 5.41) is 4.71. The molecule has 2 rings (SSSR count). The molecule has 1 amide bonds. The zero-order chi connectivity index (χ0) is 15.8. The van der Waals surface area contributed by atoms with Crippen molar-refractivity contribution in [2.75, 3.05) is 11.9 Å². The number of aryl methyl sites for hydroxylation is 2. The van der Waals surface area contributed by atoms with E-state index in [-0.39, 0.29) is 18.5 Å². The molecule has 22 heavy (non-hydrogen) atoms. The molecule has 0 aliphatic rings. The van der Waals surface area contributed by atoms with Crippen LogP contribution in [0.1, 0.15) is 23.3 Å². The lowest BCUT2D eigenvalue weighted by Crippen LogP contribution is -2.20. The molecular weight excluding hydrogens is 298 g/mol. The van der Waals surface area contributed by atoms with Gasteiger partial charge >= 0.3 is 5.97 Å². The zero-order valence-corrected chi connectivity index (χ0v) is 13.3. The van der Waals surface area contributed by atoms with Crippen LogP contribution in [0.4, 0.5) is 5.69 Å². The summed E-state index contributed by atoms with van der Waals surface area (Å²) in [6, 6.07) is 11.5. The molecule has 1 N–H and O–H groups in total. The van der Waals surface area contributed by atoms with Crippen LogP contribution in [0.5, 0.6) is 0 Å². The van der Waals surface area contributed by atoms with Crippen molar-refractivity contribution in [3.8, 4) is 0 Å². The van der Waals surface area contributed by atoms with Crippen LogP contribution in [0.25, 0.3) is 0 Å². The fourth-order valence-electron chi connectivity index (χ4n) is 1.91. The topological polar surface area (TPSA) is 55.4 Å². The number of esters is 1. The third-order valence-electron chi connectivity index (χ3n) is 3.08. The van der Waals surface area contributed by atoms with E-state index in [4.69, 9.17) is 4.74 Å². The molecule has 1 aromatic carbocycles. The van der Waals surface area contributed by atoms with E-state index >= 15 is 0 Å². The van der Waals surface area contributed by atoms with E-state index in [0.717, 1.165) is 18.4 Å². The van der Waals surface area contributed by atoms with Crippen molar-refractivity contribution in [1.82, 2.24) is 0 Å². The second kappa shape index (κ2) is 8.34. The first-order chi connectivity index (χ1) is 10.6. The highest BCUT2D eigenvalue weighted by molar-refractivity contribution is 7.09. The van der Waals surface area contributed by atoms with Crippen LogP contribution in [-0.2, 0) is 20.7 Å². The number of anilines is 1. The Labute approximate surface area is 134 Å². The molecular formula is C17H19NO3S. The number of nitrogens with one attached hydrogen (secondary N) is 1. The first-order valence-corrected chi connectivity index (χ1v) is 8.06. The van der Waals surface area contributed by atoms with Crippen LogP contribution in [0.3, 0.4) is 0 Å². The Morgan fingerprint density at radius 2 is 1.95 bits per heavy atom. The first kappa shape index (κ1) is 16.2. The van der Waals surface area contributed by atoms with E-state index in [1.807, 2.05) is 48.7 Å². The Morgan fingerprint density at radius 1 is 1.18 bits per heavy atom. The molecule has 116 valence electrons. The van der Waals surface area contributed by atoms with Gasteiger partial charge in [0.25, 0.3) is 5.91 Å². The van der Waals surface area contributed by atoms with Gasteiger partial charge in [-0.15, -0.1) is 11.3 Å². The Morgan fingerprint density at radius 3 is 2.64 bits per heavy atom. The van der Waals surface area contributed by atoms with Crippen molar-refractivity contribution in [1.29, 1.82) is 0 Å². The van der Waals surface area contributed by atoms with Gasteiger partial charge in [0, 0.05) is 17.0 Å². The monoisotopic (exact) mass is 317 g/mol. The van der Waals surface area contributed by atoms with E-state index in [2.05, 4.69) is 5.32 Å². The average molecular weight is 317 g/mol. The van der Waals surface area contributed by atoms with Crippen molar-refractivity contribution in [2.45, 2.75) is 26.2 Å². The minimum Gasteiger partial charge on any atom is -0.456 e. The van der Waals surface area contributed by atoms with Crippen LogP contribution >= 0.6 is 11.3 Å². The number of carbonyl (C=O) groups excluding carboxylic acids is 2. The number of thiophene rings is 1. The maximum atomic E-state index is 11.7. The van der Waals surface area contributed by atoms with Gasteiger partial charge in [0.2, 0.25) is 0 Å². The smallest absolute Gasteiger partial charge is 0.306 e. The lowest BCUT2D eigenvalue weighted by molar-refractivity contribution is -0.147. The molecule has 0 radical (unpaired) electrons. The fraction of sp³-hybridized carbons (Fsp3) is 0.294. The van der Waals surface area contributed by atoms with E-state index in [0.29, 0.717) is 12.1 Å². The average Bonchev–Trinajstić information content (AvgIpc) is 3.01. The number of rotatable bonds is 7. The molecule has 0 saturated carbocycles. The van der Waals surface area contributed by atoms with E-state index in [1.165, 1.54) is 4.88 Å². The van der Waals surface area contributed by atoms with Gasteiger partial charge in [-0.1, -0.05) is 23.8 Å². The van der Waals surface area contributed by atoms with Crippen LogP contribution in [0.15, 0.2) is 41.8 Å². The molecule has 0 fully saturated rings. The van der Waals surface area contributed by atoms with Crippen molar-refractivity contribution in [3.63, 3.8) is 0 Å². The van der Waals surface area contributed by atoms with Gasteiger partial charge in [-0.25, -0.2) is 0 Å². The number of carbonyl (C=O) groups is 2. The summed E-state index contributed by atoms with van der Waals surface area (Å²) in [6.07, 6.45) is 1.93. The second-order valence-electron chi connectivity index (χ2n) is 5.01. The Balaban J connectivity index is 1.63. The lowest BCUT2D eigenvalue weighted by atomic mass is 10.2. The maximum absolute atomic E-state index is 11.7. The lowest BCUT2D eigenvalue weighted by Gasteiger charge is -2.06. The summed E-state index contributed by atoms with van der Waals surface area (Å²) in [5.74, 6) is -0.661. The minimum absolute atomic E-state index is 0.244. The molecule has 0 unspecified atom stereocenters. The zero-order valence-electron chi connectivity index (χ0n) is 12.5. The van der Waals surface area contributed by atoms with E-state index in [9.17, 15) is 9.59 Å². The van der Waals surface area contributed by atoms with E-state index in [1.54, 1.807) is 11.3 Å². The molecule has 0 aliphatic carbocycles. The third kappa shape index (κ3) is 5.69. The van der Waals surface area contributed by atoms with Crippen molar-refractivity contribution < 1.29 is 14.3 Å². The van der Waals surface area contributed by atoms with Gasteiger partial charge in [-0.2, -0.15) is 0 Å². The highest BCUT2D eigenvalue weighted by Gasteiger charge is 2.08. The summed E-state index contributed by atoms with van der Waals surface area (Å²) >= 11 is 1.68. The molecule has 4 nitrogen and oxygen atoms in total. The SMILES string of the molecule is Cc1ccc(NC(=O)COC(=O)CCCc2cccs2)cc1. The normalized spacial score (nSPS) is 10.2. The van der Waals surface area contributed by atoms with E-state index < -0.39 is 0 Å². The summed E-state index contributed by atoms with van der Waals surface area (Å²) in [4.78, 5) is 24.5. The summed E-state index contributed by atoms with van der Waals surface area (Å²) in [7, 11) is 0. The standard InChI is InChI=1S/C17H19NO3S/c1-13-7-9-14(10-8-13)18-16(19)12-21-17(20)6-2-4-15-5-3-11-22-15/h3,5,7-11H,2,4,6,12H2,1H3,(H,18,19). The van der Waals surface area contributed by atoms with Crippen LogP contribution in [-0.4, -0.2) is 18.5 Å². The van der Waals surface area contributed by atoms with Crippen LogP contribution in [0, 0.1) is 6.92 Å². The van der Waals surface area contributed by atoms with Gasteiger partial charge in [-0.05, 0) is 43.3 Å². The predicted octanol–water partition coefficient (Wildman–Crippen LogP) is 3.56. The summed E-state index contributed by atoms with van der Waals surface area (Å²) in [5.41, 5.74) is 1.82. The highest BCUT2D eigenvalue weighted by Crippen LogP contribution is 2.12. The number of hydrogen-bond acceptors (Lipinski definition) is 4. The van der Waals surface area contributed by atoms with Gasteiger partial charge in [0.05, 0.1) is 0 Å². The molecule has 1 heterocycles. The van der Waals surface area contributed by atoms with Gasteiger partial charge in [0.15, 0.2) is 6.61 Å². The Hall–Kier alpha value is -2.14. The Bertz CT molecular complexity index is 605. The molecule has 0 bridgehead atoms. The predicted molar refractivity (Wildman–Crippen MR) is 88.0 cm³/mol. The van der Waals surface area contributed by atoms with Crippen molar-refractivity contribution in [3.05, 3.63) is 52.2 Å². The minimum atomic E-state index is -0.337. The molecule has 0 spiro atoms.